The molecule has 0 spiro atoms. The number of hydrogen-bond acceptors (Lipinski definition) is 5. The highest BCUT2D eigenvalue weighted by Crippen LogP contribution is 1.92. The quantitative estimate of drug-likeness (QED) is 0.345. The minimum absolute atomic E-state index is 0.191. The summed E-state index contributed by atoms with van der Waals surface area (Å²) in [7, 11) is 2.66. The van der Waals surface area contributed by atoms with Crippen LogP contribution in [0, 0.1) is 0 Å². The second-order valence-corrected chi connectivity index (χ2v) is 2.25. The molecule has 0 heterocycles. The normalized spacial score (nSPS) is 12.0. The number of carbonyl (C=O) groups is 2. The van der Waals surface area contributed by atoms with E-state index in [1.807, 2.05) is 0 Å². The molecule has 0 aliphatic carbocycles. The Labute approximate surface area is 76.5 Å². The smallest absolute Gasteiger partial charge is 0.332 e. The molecule has 0 saturated heterocycles. The first-order valence-corrected chi connectivity index (χ1v) is 3.78. The molecule has 0 aromatic heterocycles. The summed E-state index contributed by atoms with van der Waals surface area (Å²) in [6.07, 6.45) is 0. The van der Waals surface area contributed by atoms with Gasteiger partial charge in [0.2, 0.25) is 0 Å². The minimum atomic E-state index is -1.31. The molecular weight excluding hydrogens is 176 g/mol. The zero-order valence-corrected chi connectivity index (χ0v) is 7.94. The fourth-order valence-corrected chi connectivity index (χ4v) is 0.619. The Hall–Kier alpha value is -1.14. The van der Waals surface area contributed by atoms with Crippen molar-refractivity contribution >= 4 is 11.9 Å². The summed E-state index contributed by atoms with van der Waals surface area (Å²) in [4.78, 5) is 26.7. The molecule has 13 heavy (non-hydrogen) atoms. The van der Waals surface area contributed by atoms with Crippen LogP contribution >= 0.6 is 0 Å². The Morgan fingerprint density at radius 3 is 2.46 bits per heavy atom. The summed E-state index contributed by atoms with van der Waals surface area (Å²) < 4.78 is 4.55. The van der Waals surface area contributed by atoms with Gasteiger partial charge in [0, 0.05) is 7.05 Å². The number of rotatable bonds is 4. The van der Waals surface area contributed by atoms with E-state index in [2.05, 4.69) is 9.57 Å². The first-order valence-electron chi connectivity index (χ1n) is 3.78. The number of hydroxylamine groups is 2. The minimum Gasteiger partial charge on any atom is -0.464 e. The lowest BCUT2D eigenvalue weighted by Crippen LogP contribution is -2.47. The van der Waals surface area contributed by atoms with Gasteiger partial charge < -0.3 is 10.5 Å². The van der Waals surface area contributed by atoms with Gasteiger partial charge >= 0.3 is 5.97 Å². The lowest BCUT2D eigenvalue weighted by atomic mass is 10.3. The molecule has 0 aromatic rings. The van der Waals surface area contributed by atoms with Gasteiger partial charge in [0.1, 0.15) is 0 Å². The van der Waals surface area contributed by atoms with Crippen LogP contribution < -0.4 is 5.73 Å². The number of nitrogens with zero attached hydrogens (tertiary/aromatic N) is 1. The van der Waals surface area contributed by atoms with Crippen molar-refractivity contribution in [3.05, 3.63) is 0 Å². The maximum absolute atomic E-state index is 11.2. The molecule has 0 saturated carbocycles. The van der Waals surface area contributed by atoms with Crippen molar-refractivity contribution < 1.29 is 19.2 Å². The van der Waals surface area contributed by atoms with Crippen molar-refractivity contribution in [1.29, 1.82) is 0 Å². The number of nitrogens with two attached hydrogens (primary N) is 1. The molecule has 76 valence electrons. The lowest BCUT2D eigenvalue weighted by Gasteiger charge is -2.17. The van der Waals surface area contributed by atoms with Crippen molar-refractivity contribution in [2.75, 3.05) is 20.8 Å². The molecular formula is C7H14N2O4. The zero-order valence-electron chi connectivity index (χ0n) is 7.94. The molecule has 6 heteroatoms. The van der Waals surface area contributed by atoms with Crippen LogP contribution in [0.4, 0.5) is 0 Å². The van der Waals surface area contributed by atoms with Crippen molar-refractivity contribution in [3.63, 3.8) is 0 Å². The van der Waals surface area contributed by atoms with E-state index in [0.717, 1.165) is 5.06 Å². The second kappa shape index (κ2) is 5.50. The number of carbonyl (C=O) groups excluding carboxylic acids is 2. The molecule has 2 N–H and O–H groups in total. The van der Waals surface area contributed by atoms with Gasteiger partial charge in [-0.05, 0) is 6.92 Å². The molecule has 0 aliphatic heterocycles. The maximum Gasteiger partial charge on any atom is 0.332 e. The van der Waals surface area contributed by atoms with Crippen LogP contribution in [-0.2, 0) is 19.2 Å². The number of esters is 1. The standard InChI is InChI=1S/C7H14N2O4/c1-4-13-7(11)5(8)6(10)9(2)12-3/h5H,4,8H2,1-3H3. The van der Waals surface area contributed by atoms with Gasteiger partial charge in [-0.3, -0.25) is 9.63 Å². The first-order chi connectivity index (χ1) is 6.04. The molecule has 6 nitrogen and oxygen atoms in total. The molecule has 0 bridgehead atoms. The van der Waals surface area contributed by atoms with Crippen molar-refractivity contribution in [1.82, 2.24) is 5.06 Å². The second-order valence-electron chi connectivity index (χ2n) is 2.25. The topological polar surface area (TPSA) is 81.9 Å². The van der Waals surface area contributed by atoms with Crippen molar-refractivity contribution in [2.24, 2.45) is 5.73 Å². The van der Waals surface area contributed by atoms with Gasteiger partial charge in [-0.15, -0.1) is 0 Å². The molecule has 0 radical (unpaired) electrons. The van der Waals surface area contributed by atoms with E-state index >= 15 is 0 Å². The number of ether oxygens (including phenoxy) is 1. The fourth-order valence-electron chi connectivity index (χ4n) is 0.619. The molecule has 0 aromatic carbocycles. The Balaban J connectivity index is 4.16. The van der Waals surface area contributed by atoms with Crippen molar-refractivity contribution in [2.45, 2.75) is 13.0 Å². The highest BCUT2D eigenvalue weighted by atomic mass is 16.7. The highest BCUT2D eigenvalue weighted by molar-refractivity contribution is 6.01. The average molecular weight is 190 g/mol. The van der Waals surface area contributed by atoms with Crippen LogP contribution in [0.5, 0.6) is 0 Å². The van der Waals surface area contributed by atoms with Crippen LogP contribution in [0.2, 0.25) is 0 Å². The van der Waals surface area contributed by atoms with E-state index in [1.54, 1.807) is 6.92 Å². The largest absolute Gasteiger partial charge is 0.464 e. The SMILES string of the molecule is CCOC(=O)C(N)C(=O)N(C)OC. The van der Waals surface area contributed by atoms with Gasteiger partial charge in [-0.1, -0.05) is 0 Å². The fraction of sp³-hybridized carbons (Fsp3) is 0.714. The summed E-state index contributed by atoms with van der Waals surface area (Å²) in [5.74, 6) is -1.39. The first kappa shape index (κ1) is 11.9. The summed E-state index contributed by atoms with van der Waals surface area (Å²) in [5.41, 5.74) is 5.28. The van der Waals surface area contributed by atoms with E-state index in [1.165, 1.54) is 14.2 Å². The Morgan fingerprint density at radius 2 is 2.08 bits per heavy atom. The number of hydrogen-bond donors (Lipinski definition) is 1. The molecule has 0 aliphatic rings. The number of likely N-dealkylation sites (N-methyl/N-ethyl adjacent to an activating group) is 1. The van der Waals surface area contributed by atoms with Crippen LogP contribution in [0.25, 0.3) is 0 Å². The van der Waals surface area contributed by atoms with Gasteiger partial charge in [0.15, 0.2) is 6.04 Å². The third kappa shape index (κ3) is 3.39. The molecule has 1 amide bonds. The third-order valence-corrected chi connectivity index (χ3v) is 1.39. The Morgan fingerprint density at radius 1 is 1.54 bits per heavy atom. The summed E-state index contributed by atoms with van der Waals surface area (Å²) >= 11 is 0. The monoisotopic (exact) mass is 190 g/mol. The molecule has 0 rings (SSSR count). The summed E-state index contributed by atoms with van der Waals surface area (Å²) in [5, 5.41) is 0.877. The highest BCUT2D eigenvalue weighted by Gasteiger charge is 2.26. The number of amides is 1. The van der Waals surface area contributed by atoms with Gasteiger partial charge in [-0.25, -0.2) is 9.86 Å². The molecule has 1 unspecified atom stereocenters. The van der Waals surface area contributed by atoms with Crippen LogP contribution in [-0.4, -0.2) is 43.7 Å². The van der Waals surface area contributed by atoms with Crippen molar-refractivity contribution in [3.8, 4) is 0 Å². The van der Waals surface area contributed by atoms with Crippen LogP contribution in [0.15, 0.2) is 0 Å². The predicted octanol–water partition coefficient (Wildman–Crippen LogP) is -1.10. The lowest BCUT2D eigenvalue weighted by molar-refractivity contribution is -0.174. The van der Waals surface area contributed by atoms with E-state index < -0.39 is 17.9 Å². The Kier molecular flexibility index (Phi) is 5.01. The van der Waals surface area contributed by atoms with E-state index in [9.17, 15) is 9.59 Å². The zero-order chi connectivity index (χ0) is 10.4. The van der Waals surface area contributed by atoms with E-state index in [0.29, 0.717) is 0 Å². The van der Waals surface area contributed by atoms with Gasteiger partial charge in [-0.2, -0.15) is 0 Å². The van der Waals surface area contributed by atoms with Gasteiger partial charge in [0.05, 0.1) is 13.7 Å². The predicted molar refractivity (Wildman–Crippen MR) is 44.4 cm³/mol. The average Bonchev–Trinajstić information content (AvgIpc) is 2.14. The van der Waals surface area contributed by atoms with Gasteiger partial charge in [0.25, 0.3) is 5.91 Å². The van der Waals surface area contributed by atoms with Crippen LogP contribution in [0.1, 0.15) is 6.92 Å². The third-order valence-electron chi connectivity index (χ3n) is 1.39. The Bertz CT molecular complexity index is 195. The van der Waals surface area contributed by atoms with E-state index in [-0.39, 0.29) is 6.61 Å². The summed E-state index contributed by atoms with van der Waals surface area (Å²) in [6, 6.07) is -1.31. The summed E-state index contributed by atoms with van der Waals surface area (Å²) in [6.45, 7) is 1.83. The maximum atomic E-state index is 11.2. The molecule has 0 fully saturated rings. The van der Waals surface area contributed by atoms with E-state index in [4.69, 9.17) is 5.73 Å². The van der Waals surface area contributed by atoms with Crippen LogP contribution in [0.3, 0.4) is 0 Å². The molecule has 1 atom stereocenters.